The second-order valence-corrected chi connectivity index (χ2v) is 9.43. The number of hydrogen-bond acceptors (Lipinski definition) is 5. The molecule has 6 aromatic rings. The zero-order valence-corrected chi connectivity index (χ0v) is 21.9. The van der Waals surface area contributed by atoms with Crippen LogP contribution in [0.2, 0.25) is 0 Å². The van der Waals surface area contributed by atoms with E-state index in [2.05, 4.69) is 27.4 Å². The van der Waals surface area contributed by atoms with E-state index < -0.39 is 6.04 Å². The zero-order valence-electron chi connectivity index (χ0n) is 21.9. The summed E-state index contributed by atoms with van der Waals surface area (Å²) in [5.41, 5.74) is 9.26. The number of para-hydroxylation sites is 1. The first-order valence-electron chi connectivity index (χ1n) is 12.7. The minimum atomic E-state index is -0.550. The number of carbonyl (C=O) groups excluding carboxylic acids is 1. The second-order valence-electron chi connectivity index (χ2n) is 9.43. The first-order valence-corrected chi connectivity index (χ1v) is 12.7. The molecule has 1 atom stereocenters. The highest BCUT2D eigenvalue weighted by molar-refractivity contribution is 6.05. The van der Waals surface area contributed by atoms with Crippen LogP contribution in [0, 0.1) is 11.8 Å². The summed E-state index contributed by atoms with van der Waals surface area (Å²) >= 11 is 0. The van der Waals surface area contributed by atoms with E-state index in [0.717, 1.165) is 5.39 Å². The van der Waals surface area contributed by atoms with Crippen molar-refractivity contribution in [1.29, 1.82) is 0 Å². The van der Waals surface area contributed by atoms with Crippen LogP contribution in [0.3, 0.4) is 0 Å². The third kappa shape index (κ3) is 4.37. The molecular weight excluding hydrogens is 502 g/mol. The fraction of sp³-hybridized carbons (Fsp3) is 0.0968. The third-order valence-electron chi connectivity index (χ3n) is 6.71. The Hall–Kier alpha value is -5.62. The second kappa shape index (κ2) is 9.93. The molecule has 1 amide bonds. The lowest BCUT2D eigenvalue weighted by molar-refractivity contribution is 0.0941. The van der Waals surface area contributed by atoms with Gasteiger partial charge in [-0.3, -0.25) is 18.8 Å². The molecule has 0 unspecified atom stereocenters. The minimum absolute atomic E-state index is 0.131. The first-order chi connectivity index (χ1) is 19.4. The Labute approximate surface area is 229 Å². The fourth-order valence-corrected chi connectivity index (χ4v) is 4.85. The number of hydrogen-bond donors (Lipinski definition) is 2. The lowest BCUT2D eigenvalue weighted by Crippen LogP contribution is -2.32. The van der Waals surface area contributed by atoms with Crippen molar-refractivity contribution in [3.8, 4) is 17.5 Å². The van der Waals surface area contributed by atoms with Gasteiger partial charge in [0.15, 0.2) is 5.82 Å². The van der Waals surface area contributed by atoms with Gasteiger partial charge in [0, 0.05) is 36.4 Å². The van der Waals surface area contributed by atoms with Crippen molar-refractivity contribution in [1.82, 2.24) is 29.3 Å². The Morgan fingerprint density at radius 3 is 2.52 bits per heavy atom. The van der Waals surface area contributed by atoms with Gasteiger partial charge in [-0.25, -0.2) is 4.52 Å². The molecule has 0 aliphatic heterocycles. The summed E-state index contributed by atoms with van der Waals surface area (Å²) in [5, 5.41) is 12.8. The number of nitrogens with two attached hydrogens (primary N) is 1. The molecule has 0 aliphatic carbocycles. The molecule has 0 saturated heterocycles. The smallest absolute Gasteiger partial charge is 0.264 e. The van der Waals surface area contributed by atoms with Crippen LogP contribution in [0.25, 0.3) is 22.0 Å². The standard InChI is InChI=1S/C31H25N7O2/c1-20(33-30(39)28-25-13-6-7-17-37(25)35-29(28)32)26-19-22-10-8-9-21(14-15-23-16-18-36(2)34-23)27(22)31(40)38(26)24-11-4-3-5-12-24/h3-13,16-20H,1-2H3,(H2,32,35)(H,33,39)/t20-/m0/s1. The zero-order chi connectivity index (χ0) is 27.8. The van der Waals surface area contributed by atoms with E-state index in [0.29, 0.717) is 33.5 Å². The van der Waals surface area contributed by atoms with Crippen molar-refractivity contribution in [3.63, 3.8) is 0 Å². The minimum Gasteiger partial charge on any atom is -0.382 e. The number of amides is 1. The van der Waals surface area contributed by atoms with Crippen LogP contribution >= 0.6 is 0 Å². The van der Waals surface area contributed by atoms with Crippen LogP contribution in [0.15, 0.2) is 96.1 Å². The van der Waals surface area contributed by atoms with Crippen molar-refractivity contribution >= 4 is 28.0 Å². The van der Waals surface area contributed by atoms with Crippen LogP contribution in [0.5, 0.6) is 0 Å². The predicted octanol–water partition coefficient (Wildman–Crippen LogP) is 3.84. The lowest BCUT2D eigenvalue weighted by Gasteiger charge is -2.21. The van der Waals surface area contributed by atoms with Gasteiger partial charge in [0.05, 0.1) is 16.9 Å². The molecule has 0 saturated carbocycles. The molecule has 6 rings (SSSR count). The molecule has 9 heteroatoms. The van der Waals surface area contributed by atoms with Gasteiger partial charge < -0.3 is 11.1 Å². The Morgan fingerprint density at radius 1 is 0.950 bits per heavy atom. The molecule has 2 aromatic carbocycles. The Morgan fingerprint density at radius 2 is 1.75 bits per heavy atom. The number of aryl methyl sites for hydroxylation is 1. The number of anilines is 1. The molecule has 4 aromatic heterocycles. The summed E-state index contributed by atoms with van der Waals surface area (Å²) in [4.78, 5) is 27.6. The monoisotopic (exact) mass is 527 g/mol. The van der Waals surface area contributed by atoms with E-state index in [1.54, 1.807) is 26.0 Å². The lowest BCUT2D eigenvalue weighted by atomic mass is 10.0. The number of nitrogen functional groups attached to an aromatic ring is 1. The summed E-state index contributed by atoms with van der Waals surface area (Å²) in [6.45, 7) is 1.84. The van der Waals surface area contributed by atoms with E-state index in [9.17, 15) is 9.59 Å². The number of benzene rings is 2. The van der Waals surface area contributed by atoms with E-state index in [1.807, 2.05) is 93.0 Å². The molecule has 0 bridgehead atoms. The van der Waals surface area contributed by atoms with Gasteiger partial charge in [0.1, 0.15) is 11.3 Å². The van der Waals surface area contributed by atoms with Crippen LogP contribution < -0.4 is 16.6 Å². The highest BCUT2D eigenvalue weighted by Crippen LogP contribution is 2.25. The average molecular weight is 528 g/mol. The quantitative estimate of drug-likeness (QED) is 0.338. The van der Waals surface area contributed by atoms with Crippen molar-refractivity contribution in [2.45, 2.75) is 13.0 Å². The molecule has 196 valence electrons. The Kier molecular flexibility index (Phi) is 6.13. The molecule has 4 heterocycles. The van der Waals surface area contributed by atoms with Gasteiger partial charge in [-0.1, -0.05) is 42.3 Å². The van der Waals surface area contributed by atoms with Gasteiger partial charge in [-0.05, 0) is 60.7 Å². The average Bonchev–Trinajstić information content (AvgIpc) is 3.53. The molecule has 9 nitrogen and oxygen atoms in total. The maximum absolute atomic E-state index is 14.2. The molecule has 0 fully saturated rings. The van der Waals surface area contributed by atoms with E-state index in [-0.39, 0.29) is 22.8 Å². The number of rotatable bonds is 4. The largest absolute Gasteiger partial charge is 0.382 e. The topological polar surface area (TPSA) is 112 Å². The molecular formula is C31H25N7O2. The van der Waals surface area contributed by atoms with Crippen LogP contribution in [0.1, 0.15) is 40.3 Å². The van der Waals surface area contributed by atoms with Gasteiger partial charge in [-0.15, -0.1) is 5.10 Å². The maximum Gasteiger partial charge on any atom is 0.264 e. The molecule has 0 aliphatic rings. The maximum atomic E-state index is 14.2. The molecule has 0 spiro atoms. The van der Waals surface area contributed by atoms with Gasteiger partial charge >= 0.3 is 0 Å². The SMILES string of the molecule is C[C@H](NC(=O)c1c(N)nn2ccccc12)c1cc2cccc(C#Cc3ccn(C)n3)c2c(=O)n1-c1ccccc1. The van der Waals surface area contributed by atoms with E-state index in [1.165, 1.54) is 0 Å². The Bertz CT molecular complexity index is 2020. The van der Waals surface area contributed by atoms with Gasteiger partial charge in [-0.2, -0.15) is 5.10 Å². The highest BCUT2D eigenvalue weighted by Gasteiger charge is 2.23. The normalized spacial score (nSPS) is 11.8. The third-order valence-corrected chi connectivity index (χ3v) is 6.71. The van der Waals surface area contributed by atoms with Gasteiger partial charge in [0.25, 0.3) is 11.5 Å². The van der Waals surface area contributed by atoms with Crippen molar-refractivity contribution < 1.29 is 4.79 Å². The first kappa shape index (κ1) is 24.7. The summed E-state index contributed by atoms with van der Waals surface area (Å²) in [6, 6.07) is 23.5. The number of pyridine rings is 2. The summed E-state index contributed by atoms with van der Waals surface area (Å²) in [6.07, 6.45) is 3.55. The summed E-state index contributed by atoms with van der Waals surface area (Å²) in [7, 11) is 1.83. The summed E-state index contributed by atoms with van der Waals surface area (Å²) < 4.78 is 4.87. The number of nitrogens with one attached hydrogen (secondary N) is 1. The highest BCUT2D eigenvalue weighted by atomic mass is 16.2. The van der Waals surface area contributed by atoms with Crippen molar-refractivity contribution in [2.24, 2.45) is 7.05 Å². The number of carbonyl (C=O) groups is 1. The molecule has 40 heavy (non-hydrogen) atoms. The number of aromatic nitrogens is 5. The Balaban J connectivity index is 1.48. The van der Waals surface area contributed by atoms with Crippen molar-refractivity contribution in [3.05, 3.63) is 124 Å². The number of fused-ring (bicyclic) bond motifs is 2. The predicted molar refractivity (Wildman–Crippen MR) is 154 cm³/mol. The number of nitrogens with zero attached hydrogens (tertiary/aromatic N) is 5. The van der Waals surface area contributed by atoms with E-state index in [4.69, 9.17) is 5.73 Å². The van der Waals surface area contributed by atoms with Crippen molar-refractivity contribution in [2.75, 3.05) is 5.73 Å². The van der Waals surface area contributed by atoms with Gasteiger partial charge in [0.2, 0.25) is 0 Å². The fourth-order valence-electron chi connectivity index (χ4n) is 4.85. The molecule has 3 N–H and O–H groups in total. The summed E-state index contributed by atoms with van der Waals surface area (Å²) in [5.74, 6) is 5.93. The van der Waals surface area contributed by atoms with E-state index >= 15 is 0 Å². The van der Waals surface area contributed by atoms with Crippen LogP contribution in [-0.2, 0) is 7.05 Å². The van der Waals surface area contributed by atoms with Crippen LogP contribution in [-0.4, -0.2) is 29.9 Å². The van der Waals surface area contributed by atoms with Crippen LogP contribution in [0.4, 0.5) is 5.82 Å². The molecule has 0 radical (unpaired) electrons.